The number of thioether (sulfide) groups is 1. The highest BCUT2D eigenvalue weighted by Gasteiger charge is 2.16. The Morgan fingerprint density at radius 3 is 2.42 bits per heavy atom. The van der Waals surface area contributed by atoms with Gasteiger partial charge in [0.25, 0.3) is 0 Å². The maximum Gasteiger partial charge on any atom is 0.234 e. The Morgan fingerprint density at radius 2 is 1.68 bits per heavy atom. The van der Waals surface area contributed by atoms with Crippen LogP contribution in [0.3, 0.4) is 0 Å². The van der Waals surface area contributed by atoms with Gasteiger partial charge < -0.3 is 5.32 Å². The van der Waals surface area contributed by atoms with Crippen molar-refractivity contribution in [1.82, 2.24) is 14.8 Å². The van der Waals surface area contributed by atoms with Crippen LogP contribution >= 0.6 is 23.4 Å². The van der Waals surface area contributed by atoms with E-state index < -0.39 is 0 Å². The van der Waals surface area contributed by atoms with Crippen molar-refractivity contribution in [1.29, 1.82) is 0 Å². The van der Waals surface area contributed by atoms with Crippen molar-refractivity contribution < 1.29 is 9.18 Å². The van der Waals surface area contributed by atoms with Gasteiger partial charge in [-0.05, 0) is 42.0 Å². The van der Waals surface area contributed by atoms with Gasteiger partial charge in [-0.2, -0.15) is 0 Å². The number of rotatable bonds is 7. The third kappa shape index (κ3) is 5.31. The lowest BCUT2D eigenvalue weighted by Crippen LogP contribution is -2.15. The number of aromatic nitrogens is 3. The zero-order valence-corrected chi connectivity index (χ0v) is 17.9. The summed E-state index contributed by atoms with van der Waals surface area (Å²) in [5, 5.41) is 12.5. The highest BCUT2D eigenvalue weighted by atomic mass is 35.5. The average molecular weight is 453 g/mol. The molecule has 156 valence electrons. The number of nitrogens with zero attached hydrogens (tertiary/aromatic N) is 3. The van der Waals surface area contributed by atoms with Gasteiger partial charge in [-0.3, -0.25) is 9.36 Å². The molecule has 8 heteroatoms. The standard InChI is InChI=1S/C23H18ClFN4OS/c24-19-8-4-5-9-20(19)26-21(30)15-31-23-28-27-22(17-10-12-18(25)13-11-17)29(23)14-16-6-2-1-3-7-16/h1-13H,14-15H2,(H,26,30). The Bertz CT molecular complexity index is 1180. The summed E-state index contributed by atoms with van der Waals surface area (Å²) in [6.45, 7) is 0.523. The second-order valence-electron chi connectivity index (χ2n) is 6.70. The second-order valence-corrected chi connectivity index (χ2v) is 8.05. The molecule has 0 fully saturated rings. The van der Waals surface area contributed by atoms with Gasteiger partial charge in [0.05, 0.1) is 23.0 Å². The molecule has 1 amide bonds. The number of nitrogens with one attached hydrogen (secondary N) is 1. The Kier molecular flexibility index (Phi) is 6.64. The maximum atomic E-state index is 13.4. The molecule has 1 aromatic heterocycles. The molecular formula is C23H18ClFN4OS. The third-order valence-corrected chi connectivity index (χ3v) is 5.78. The number of hydrogen-bond acceptors (Lipinski definition) is 4. The summed E-state index contributed by atoms with van der Waals surface area (Å²) in [4.78, 5) is 12.4. The molecule has 0 atom stereocenters. The van der Waals surface area contributed by atoms with E-state index in [0.29, 0.717) is 28.2 Å². The lowest BCUT2D eigenvalue weighted by Gasteiger charge is -2.11. The average Bonchev–Trinajstić information content (AvgIpc) is 3.17. The fraction of sp³-hybridized carbons (Fsp3) is 0.0870. The second kappa shape index (κ2) is 9.76. The van der Waals surface area contributed by atoms with Crippen LogP contribution in [0.2, 0.25) is 5.02 Å². The van der Waals surface area contributed by atoms with E-state index in [-0.39, 0.29) is 17.5 Å². The number of amides is 1. The molecule has 0 aliphatic heterocycles. The molecule has 4 aromatic rings. The molecule has 0 spiro atoms. The van der Waals surface area contributed by atoms with Crippen LogP contribution in [-0.2, 0) is 11.3 Å². The first-order valence-corrected chi connectivity index (χ1v) is 10.9. The normalized spacial score (nSPS) is 10.8. The zero-order valence-electron chi connectivity index (χ0n) is 16.3. The van der Waals surface area contributed by atoms with E-state index in [1.54, 1.807) is 36.4 Å². The van der Waals surface area contributed by atoms with E-state index in [1.807, 2.05) is 34.9 Å². The molecule has 0 saturated carbocycles. The third-order valence-electron chi connectivity index (χ3n) is 4.48. The van der Waals surface area contributed by atoms with Crippen molar-refractivity contribution >= 4 is 35.0 Å². The minimum absolute atomic E-state index is 0.140. The molecule has 1 N–H and O–H groups in total. The molecule has 0 radical (unpaired) electrons. The first kappa shape index (κ1) is 21.1. The number of carbonyl (C=O) groups is 1. The number of benzene rings is 3. The van der Waals surface area contributed by atoms with Crippen molar-refractivity contribution in [3.63, 3.8) is 0 Å². The molecule has 1 heterocycles. The predicted octanol–water partition coefficient (Wildman–Crippen LogP) is 5.52. The highest BCUT2D eigenvalue weighted by Crippen LogP contribution is 2.26. The fourth-order valence-corrected chi connectivity index (χ4v) is 3.92. The van der Waals surface area contributed by atoms with Gasteiger partial charge in [-0.25, -0.2) is 4.39 Å². The van der Waals surface area contributed by atoms with Gasteiger partial charge >= 0.3 is 0 Å². The zero-order chi connectivity index (χ0) is 21.6. The Balaban J connectivity index is 1.55. The molecule has 0 bridgehead atoms. The highest BCUT2D eigenvalue weighted by molar-refractivity contribution is 7.99. The minimum Gasteiger partial charge on any atom is -0.324 e. The molecule has 0 unspecified atom stereocenters. The van der Waals surface area contributed by atoms with E-state index in [1.165, 1.54) is 23.9 Å². The molecular weight excluding hydrogens is 435 g/mol. The van der Waals surface area contributed by atoms with Gasteiger partial charge in [0, 0.05) is 5.56 Å². The van der Waals surface area contributed by atoms with Gasteiger partial charge in [0.15, 0.2) is 11.0 Å². The van der Waals surface area contributed by atoms with Crippen molar-refractivity contribution in [2.75, 3.05) is 11.1 Å². The molecule has 0 aliphatic rings. The van der Waals surface area contributed by atoms with E-state index in [4.69, 9.17) is 11.6 Å². The number of anilines is 1. The van der Waals surface area contributed by atoms with E-state index in [2.05, 4.69) is 15.5 Å². The lowest BCUT2D eigenvalue weighted by molar-refractivity contribution is -0.113. The monoisotopic (exact) mass is 452 g/mol. The first-order valence-electron chi connectivity index (χ1n) is 9.50. The number of para-hydroxylation sites is 1. The molecule has 5 nitrogen and oxygen atoms in total. The van der Waals surface area contributed by atoms with Crippen molar-refractivity contribution in [3.05, 3.63) is 95.3 Å². The van der Waals surface area contributed by atoms with Crippen LogP contribution in [0.5, 0.6) is 0 Å². The van der Waals surface area contributed by atoms with Crippen molar-refractivity contribution in [2.45, 2.75) is 11.7 Å². The summed E-state index contributed by atoms with van der Waals surface area (Å²) in [5.74, 6) is 0.235. The molecule has 3 aromatic carbocycles. The fourth-order valence-electron chi connectivity index (χ4n) is 3.00. The molecule has 31 heavy (non-hydrogen) atoms. The van der Waals surface area contributed by atoms with Crippen LogP contribution in [0.4, 0.5) is 10.1 Å². The summed E-state index contributed by atoms with van der Waals surface area (Å²) in [6, 6.07) is 23.1. The maximum absolute atomic E-state index is 13.4. The van der Waals surface area contributed by atoms with Crippen LogP contribution in [0, 0.1) is 5.82 Å². The topological polar surface area (TPSA) is 59.8 Å². The van der Waals surface area contributed by atoms with Crippen LogP contribution in [0.15, 0.2) is 84.0 Å². The Morgan fingerprint density at radius 1 is 0.968 bits per heavy atom. The van der Waals surface area contributed by atoms with Crippen LogP contribution in [-0.4, -0.2) is 26.4 Å². The lowest BCUT2D eigenvalue weighted by atomic mass is 10.2. The summed E-state index contributed by atoms with van der Waals surface area (Å²) in [6.07, 6.45) is 0. The van der Waals surface area contributed by atoms with Gasteiger partial charge in [-0.15, -0.1) is 10.2 Å². The van der Waals surface area contributed by atoms with E-state index in [0.717, 1.165) is 11.1 Å². The van der Waals surface area contributed by atoms with Crippen LogP contribution in [0.25, 0.3) is 11.4 Å². The van der Waals surface area contributed by atoms with Gasteiger partial charge in [-0.1, -0.05) is 65.8 Å². The Hall–Kier alpha value is -3.16. The van der Waals surface area contributed by atoms with E-state index in [9.17, 15) is 9.18 Å². The predicted molar refractivity (Wildman–Crippen MR) is 122 cm³/mol. The SMILES string of the molecule is O=C(CSc1nnc(-c2ccc(F)cc2)n1Cc1ccccc1)Nc1ccccc1Cl. The smallest absolute Gasteiger partial charge is 0.234 e. The Labute approximate surface area is 188 Å². The quantitative estimate of drug-likeness (QED) is 0.375. The largest absolute Gasteiger partial charge is 0.324 e. The number of hydrogen-bond donors (Lipinski definition) is 1. The number of carbonyl (C=O) groups excluding carboxylic acids is 1. The van der Waals surface area contributed by atoms with Crippen molar-refractivity contribution in [2.24, 2.45) is 0 Å². The molecule has 4 rings (SSSR count). The summed E-state index contributed by atoms with van der Waals surface area (Å²) >= 11 is 7.39. The summed E-state index contributed by atoms with van der Waals surface area (Å²) in [5.41, 5.74) is 2.37. The minimum atomic E-state index is -0.316. The van der Waals surface area contributed by atoms with E-state index >= 15 is 0 Å². The first-order chi connectivity index (χ1) is 15.1. The van der Waals surface area contributed by atoms with Gasteiger partial charge in [0.2, 0.25) is 5.91 Å². The van der Waals surface area contributed by atoms with Crippen molar-refractivity contribution in [3.8, 4) is 11.4 Å². The van der Waals surface area contributed by atoms with Crippen LogP contribution < -0.4 is 5.32 Å². The molecule has 0 saturated heterocycles. The van der Waals surface area contributed by atoms with Crippen LogP contribution in [0.1, 0.15) is 5.56 Å². The number of halogens is 2. The summed E-state index contributed by atoms with van der Waals surface area (Å²) < 4.78 is 15.3. The van der Waals surface area contributed by atoms with Gasteiger partial charge in [0.1, 0.15) is 5.82 Å². The molecule has 0 aliphatic carbocycles. The summed E-state index contributed by atoms with van der Waals surface area (Å²) in [7, 11) is 0.